The maximum atomic E-state index is 12.6. The van der Waals surface area contributed by atoms with E-state index in [2.05, 4.69) is 0 Å². The van der Waals surface area contributed by atoms with Gasteiger partial charge in [-0.15, -0.1) is 0 Å². The fourth-order valence-electron chi connectivity index (χ4n) is 3.48. The molecule has 3 rings (SSSR count). The molecule has 0 N–H and O–H groups in total. The molecule has 0 saturated carbocycles. The number of rotatable bonds is 3. The van der Waals surface area contributed by atoms with E-state index in [0.717, 1.165) is 45.2 Å². The second kappa shape index (κ2) is 7.66. The Morgan fingerprint density at radius 2 is 1.25 bits per heavy atom. The van der Waals surface area contributed by atoms with Crippen LogP contribution in [0.2, 0.25) is 0 Å². The molecule has 2 aliphatic rings. The molecule has 1 aromatic carbocycles. The lowest BCUT2D eigenvalue weighted by molar-refractivity contribution is 0.0761. The maximum absolute atomic E-state index is 12.6. The lowest BCUT2D eigenvalue weighted by atomic mass is 10.2. The highest BCUT2D eigenvalue weighted by molar-refractivity contribution is 7.89. The van der Waals surface area contributed by atoms with Gasteiger partial charge in [0.15, 0.2) is 0 Å². The van der Waals surface area contributed by atoms with Crippen LogP contribution in [0.5, 0.6) is 0 Å². The summed E-state index contributed by atoms with van der Waals surface area (Å²) in [6.07, 6.45) is 7.39. The first kappa shape index (κ1) is 17.4. The van der Waals surface area contributed by atoms with Gasteiger partial charge in [0.2, 0.25) is 10.0 Å². The van der Waals surface area contributed by atoms with Gasteiger partial charge in [-0.1, -0.05) is 19.3 Å². The normalized spacial score (nSPS) is 20.6. The maximum Gasteiger partial charge on any atom is 0.253 e. The van der Waals surface area contributed by atoms with Crippen molar-refractivity contribution in [3.63, 3.8) is 0 Å². The monoisotopic (exact) mass is 350 g/mol. The van der Waals surface area contributed by atoms with Crippen LogP contribution in [-0.2, 0) is 10.0 Å². The van der Waals surface area contributed by atoms with Crippen LogP contribution in [0.3, 0.4) is 0 Å². The van der Waals surface area contributed by atoms with Gasteiger partial charge >= 0.3 is 0 Å². The van der Waals surface area contributed by atoms with Gasteiger partial charge in [0.25, 0.3) is 5.91 Å². The van der Waals surface area contributed by atoms with Gasteiger partial charge in [0, 0.05) is 31.7 Å². The lowest BCUT2D eigenvalue weighted by Gasteiger charge is -2.26. The van der Waals surface area contributed by atoms with Gasteiger partial charge in [-0.3, -0.25) is 4.79 Å². The third kappa shape index (κ3) is 3.81. The predicted molar refractivity (Wildman–Crippen MR) is 93.4 cm³/mol. The molecular weight excluding hydrogens is 324 g/mol. The van der Waals surface area contributed by atoms with E-state index in [9.17, 15) is 13.2 Å². The van der Waals surface area contributed by atoms with Crippen molar-refractivity contribution in [1.29, 1.82) is 0 Å². The second-order valence-corrected chi connectivity index (χ2v) is 8.63. The summed E-state index contributed by atoms with van der Waals surface area (Å²) in [5.74, 6) is 0.0128. The van der Waals surface area contributed by atoms with Gasteiger partial charge < -0.3 is 4.90 Å². The Balaban J connectivity index is 1.73. The number of nitrogens with zero attached hydrogens (tertiary/aromatic N) is 2. The van der Waals surface area contributed by atoms with E-state index in [4.69, 9.17) is 0 Å². The first-order valence-electron chi connectivity index (χ1n) is 8.98. The van der Waals surface area contributed by atoms with Gasteiger partial charge in [0.05, 0.1) is 4.90 Å². The zero-order valence-corrected chi connectivity index (χ0v) is 14.9. The fourth-order valence-corrected chi connectivity index (χ4v) is 5.00. The molecule has 2 saturated heterocycles. The number of piperidine rings is 1. The minimum Gasteiger partial charge on any atom is -0.339 e. The van der Waals surface area contributed by atoms with Crippen LogP contribution < -0.4 is 0 Å². The zero-order valence-electron chi connectivity index (χ0n) is 14.1. The van der Waals surface area contributed by atoms with Crippen LogP contribution in [0.25, 0.3) is 0 Å². The molecule has 1 amide bonds. The van der Waals surface area contributed by atoms with E-state index in [0.29, 0.717) is 18.7 Å². The van der Waals surface area contributed by atoms with Crippen LogP contribution in [0, 0.1) is 0 Å². The number of likely N-dealkylation sites (tertiary alicyclic amines) is 1. The van der Waals surface area contributed by atoms with Crippen molar-refractivity contribution >= 4 is 15.9 Å². The van der Waals surface area contributed by atoms with Crippen molar-refractivity contribution in [1.82, 2.24) is 9.21 Å². The average molecular weight is 350 g/mol. The third-order valence-electron chi connectivity index (χ3n) is 4.95. The van der Waals surface area contributed by atoms with Crippen molar-refractivity contribution in [2.24, 2.45) is 0 Å². The van der Waals surface area contributed by atoms with Crippen molar-refractivity contribution in [3.05, 3.63) is 29.8 Å². The van der Waals surface area contributed by atoms with Crippen LogP contribution in [0.15, 0.2) is 29.2 Å². The van der Waals surface area contributed by atoms with Crippen LogP contribution in [0.1, 0.15) is 55.3 Å². The SMILES string of the molecule is O=C(c1ccc(S(=O)(=O)N2CCCCC2)cc1)N1CCCCCC1. The van der Waals surface area contributed by atoms with E-state index in [-0.39, 0.29) is 10.8 Å². The van der Waals surface area contributed by atoms with E-state index in [1.807, 2.05) is 4.90 Å². The molecule has 0 radical (unpaired) electrons. The van der Waals surface area contributed by atoms with Crippen LogP contribution in [-0.4, -0.2) is 49.7 Å². The molecule has 0 bridgehead atoms. The Bertz CT molecular complexity index is 656. The summed E-state index contributed by atoms with van der Waals surface area (Å²) in [6.45, 7) is 2.78. The highest BCUT2D eigenvalue weighted by Crippen LogP contribution is 2.21. The molecule has 2 aliphatic heterocycles. The quantitative estimate of drug-likeness (QED) is 0.842. The summed E-state index contributed by atoms with van der Waals surface area (Å²) in [7, 11) is -3.43. The molecule has 5 nitrogen and oxygen atoms in total. The minimum absolute atomic E-state index is 0.0128. The van der Waals surface area contributed by atoms with Crippen LogP contribution in [0.4, 0.5) is 0 Å². The van der Waals surface area contributed by atoms with Gasteiger partial charge in [-0.25, -0.2) is 8.42 Å². The average Bonchev–Trinajstić information content (AvgIpc) is 2.91. The second-order valence-electron chi connectivity index (χ2n) is 6.70. The molecule has 1 aromatic rings. The van der Waals surface area contributed by atoms with Crippen molar-refractivity contribution in [3.8, 4) is 0 Å². The van der Waals surface area contributed by atoms with Crippen molar-refractivity contribution in [2.45, 2.75) is 49.8 Å². The van der Waals surface area contributed by atoms with E-state index < -0.39 is 10.0 Å². The smallest absolute Gasteiger partial charge is 0.253 e. The van der Waals surface area contributed by atoms with Crippen LogP contribution >= 0.6 is 0 Å². The summed E-state index contributed by atoms with van der Waals surface area (Å²) in [5.41, 5.74) is 0.578. The molecule has 24 heavy (non-hydrogen) atoms. The molecule has 2 fully saturated rings. The molecule has 2 heterocycles. The van der Waals surface area contributed by atoms with Gasteiger partial charge in [-0.05, 0) is 49.9 Å². The highest BCUT2D eigenvalue weighted by atomic mass is 32.2. The number of hydrogen-bond donors (Lipinski definition) is 0. The summed E-state index contributed by atoms with van der Waals surface area (Å²) in [6, 6.07) is 6.47. The number of carbonyl (C=O) groups is 1. The number of amides is 1. The van der Waals surface area contributed by atoms with E-state index in [1.165, 1.54) is 12.8 Å². The molecule has 0 aromatic heterocycles. The number of carbonyl (C=O) groups excluding carboxylic acids is 1. The summed E-state index contributed by atoms with van der Waals surface area (Å²) in [4.78, 5) is 14.8. The predicted octanol–water partition coefficient (Wildman–Crippen LogP) is 2.88. The first-order chi connectivity index (χ1) is 11.6. The number of sulfonamides is 1. The zero-order chi connectivity index (χ0) is 17.0. The van der Waals surface area contributed by atoms with Gasteiger partial charge in [-0.2, -0.15) is 4.31 Å². The number of benzene rings is 1. The molecule has 132 valence electrons. The molecule has 0 spiro atoms. The number of hydrogen-bond acceptors (Lipinski definition) is 3. The Morgan fingerprint density at radius 1 is 0.750 bits per heavy atom. The molecular formula is C18H26N2O3S. The highest BCUT2D eigenvalue weighted by Gasteiger charge is 2.26. The Labute approximate surface area is 144 Å². The van der Waals surface area contributed by atoms with Crippen molar-refractivity contribution < 1.29 is 13.2 Å². The Kier molecular flexibility index (Phi) is 5.56. The molecule has 0 aliphatic carbocycles. The third-order valence-corrected chi connectivity index (χ3v) is 6.86. The minimum atomic E-state index is -3.43. The Morgan fingerprint density at radius 3 is 1.83 bits per heavy atom. The fraction of sp³-hybridized carbons (Fsp3) is 0.611. The van der Waals surface area contributed by atoms with Crippen molar-refractivity contribution in [2.75, 3.05) is 26.2 Å². The first-order valence-corrected chi connectivity index (χ1v) is 10.4. The Hall–Kier alpha value is -1.40. The van der Waals surface area contributed by atoms with Gasteiger partial charge in [0.1, 0.15) is 0 Å². The summed E-state index contributed by atoms with van der Waals surface area (Å²) < 4.78 is 26.8. The topological polar surface area (TPSA) is 57.7 Å². The molecule has 6 heteroatoms. The standard InChI is InChI=1S/C18H26N2O3S/c21-18(19-12-4-1-2-5-13-19)16-8-10-17(11-9-16)24(22,23)20-14-6-3-7-15-20/h8-11H,1-7,12-15H2. The molecule has 0 unspecified atom stereocenters. The summed E-state index contributed by atoms with van der Waals surface area (Å²) >= 11 is 0. The largest absolute Gasteiger partial charge is 0.339 e. The molecule has 0 atom stereocenters. The van der Waals surface area contributed by atoms with E-state index in [1.54, 1.807) is 28.6 Å². The summed E-state index contributed by atoms with van der Waals surface area (Å²) in [5, 5.41) is 0. The van der Waals surface area contributed by atoms with E-state index >= 15 is 0 Å². The lowest BCUT2D eigenvalue weighted by Crippen LogP contribution is -2.35.